The number of nitrogens with one attached hydrogen (secondary N) is 3. The van der Waals surface area contributed by atoms with Crippen molar-refractivity contribution in [3.63, 3.8) is 0 Å². The van der Waals surface area contributed by atoms with Gasteiger partial charge in [-0.15, -0.1) is 0 Å². The molecule has 30 heavy (non-hydrogen) atoms. The third-order valence-corrected chi connectivity index (χ3v) is 4.23. The van der Waals surface area contributed by atoms with Crippen LogP contribution in [-0.4, -0.2) is 30.1 Å². The first kappa shape index (κ1) is 23.2. The van der Waals surface area contributed by atoms with Crippen molar-refractivity contribution in [1.29, 1.82) is 0 Å². The Labute approximate surface area is 182 Å². The van der Waals surface area contributed by atoms with E-state index in [4.69, 9.17) is 21.7 Å². The van der Waals surface area contributed by atoms with Crippen LogP contribution in [0.5, 0.6) is 11.5 Å². The van der Waals surface area contributed by atoms with Crippen LogP contribution in [0.15, 0.2) is 48.5 Å². The summed E-state index contributed by atoms with van der Waals surface area (Å²) >= 11 is 5.05. The molecule has 0 radical (unpaired) electrons. The summed E-state index contributed by atoms with van der Waals surface area (Å²) in [7, 11) is 0. The number of ether oxygens (including phenoxy) is 2. The molecule has 0 fully saturated rings. The van der Waals surface area contributed by atoms with Gasteiger partial charge in [0.05, 0.1) is 13.2 Å². The van der Waals surface area contributed by atoms with Gasteiger partial charge in [-0.3, -0.25) is 25.8 Å². The van der Waals surface area contributed by atoms with E-state index < -0.39 is 5.91 Å². The minimum atomic E-state index is -0.396. The molecule has 0 saturated heterocycles. The van der Waals surface area contributed by atoms with E-state index in [2.05, 4.69) is 30.0 Å². The molecule has 0 aliphatic rings. The highest BCUT2D eigenvalue weighted by Gasteiger charge is 2.10. The Kier molecular flexibility index (Phi) is 9.08. The van der Waals surface area contributed by atoms with Crippen molar-refractivity contribution >= 4 is 29.1 Å². The van der Waals surface area contributed by atoms with Crippen LogP contribution in [0.4, 0.5) is 0 Å². The number of carbonyl (C=O) groups is 2. The number of hydrazine groups is 1. The lowest BCUT2D eigenvalue weighted by molar-refractivity contribution is 0.0934. The lowest BCUT2D eigenvalue weighted by Gasteiger charge is -2.12. The molecule has 0 bridgehead atoms. The van der Waals surface area contributed by atoms with E-state index in [1.807, 2.05) is 6.92 Å². The molecular formula is C22H27N3O4S. The molecule has 2 aromatic carbocycles. The van der Waals surface area contributed by atoms with Crippen molar-refractivity contribution in [1.82, 2.24) is 16.2 Å². The standard InChI is InChI=1S/C22H27N3O4S/c1-4-28-18-9-5-16(6-10-18)20(26)23-22(30)25-24-21(27)17-7-11-19(12-8-17)29-14-13-15(2)3/h5-12,15H,4,13-14H2,1-3H3,(H,24,27)(H2,23,25,26,30). The van der Waals surface area contributed by atoms with Crippen molar-refractivity contribution in [2.45, 2.75) is 27.2 Å². The Morgan fingerprint density at radius 3 is 1.93 bits per heavy atom. The molecule has 0 atom stereocenters. The second kappa shape index (κ2) is 11.8. The molecule has 7 nitrogen and oxygen atoms in total. The molecular weight excluding hydrogens is 402 g/mol. The molecule has 8 heteroatoms. The number of thiocarbonyl (C=S) groups is 1. The van der Waals surface area contributed by atoms with Crippen LogP contribution in [0.25, 0.3) is 0 Å². The van der Waals surface area contributed by atoms with Gasteiger partial charge in [-0.05, 0) is 80.0 Å². The Morgan fingerprint density at radius 2 is 1.40 bits per heavy atom. The molecule has 0 spiro atoms. The summed E-state index contributed by atoms with van der Waals surface area (Å²) in [5, 5.41) is 2.48. The molecule has 0 saturated carbocycles. The van der Waals surface area contributed by atoms with E-state index in [9.17, 15) is 9.59 Å². The van der Waals surface area contributed by atoms with Crippen molar-refractivity contribution in [3.8, 4) is 11.5 Å². The largest absolute Gasteiger partial charge is 0.494 e. The van der Waals surface area contributed by atoms with E-state index in [1.54, 1.807) is 48.5 Å². The first-order valence-corrected chi connectivity index (χ1v) is 10.2. The topological polar surface area (TPSA) is 88.7 Å². The predicted octanol–water partition coefficient (Wildman–Crippen LogP) is 3.46. The van der Waals surface area contributed by atoms with Crippen molar-refractivity contribution < 1.29 is 19.1 Å². The zero-order chi connectivity index (χ0) is 21.9. The minimum Gasteiger partial charge on any atom is -0.494 e. The summed E-state index contributed by atoms with van der Waals surface area (Å²) in [6.07, 6.45) is 0.964. The Morgan fingerprint density at radius 1 is 0.867 bits per heavy atom. The number of amides is 2. The van der Waals surface area contributed by atoms with Gasteiger partial charge >= 0.3 is 0 Å². The summed E-state index contributed by atoms with van der Waals surface area (Å²) in [6.45, 7) is 7.33. The number of carbonyl (C=O) groups excluding carboxylic acids is 2. The second-order valence-electron chi connectivity index (χ2n) is 6.88. The first-order valence-electron chi connectivity index (χ1n) is 9.76. The number of rotatable bonds is 8. The zero-order valence-corrected chi connectivity index (χ0v) is 18.2. The molecule has 0 aliphatic carbocycles. The average Bonchev–Trinajstić information content (AvgIpc) is 2.73. The number of hydrogen-bond acceptors (Lipinski definition) is 5. The molecule has 0 heterocycles. The maximum atomic E-state index is 12.2. The van der Waals surface area contributed by atoms with Crippen LogP contribution in [0.2, 0.25) is 0 Å². The third-order valence-electron chi connectivity index (χ3n) is 4.02. The van der Waals surface area contributed by atoms with Crippen molar-refractivity contribution in [2.75, 3.05) is 13.2 Å². The Hall–Kier alpha value is -3.13. The SMILES string of the molecule is CCOc1ccc(C(=O)NC(=S)NNC(=O)c2ccc(OCCC(C)C)cc2)cc1. The highest BCUT2D eigenvalue weighted by Crippen LogP contribution is 2.14. The third kappa shape index (κ3) is 7.71. The monoisotopic (exact) mass is 429 g/mol. The lowest BCUT2D eigenvalue weighted by Crippen LogP contribution is -2.48. The smallest absolute Gasteiger partial charge is 0.269 e. The summed E-state index contributed by atoms with van der Waals surface area (Å²) in [5.74, 6) is 1.17. The maximum absolute atomic E-state index is 12.2. The van der Waals surface area contributed by atoms with Crippen LogP contribution >= 0.6 is 12.2 Å². The van der Waals surface area contributed by atoms with Crippen LogP contribution in [-0.2, 0) is 0 Å². The Balaban J connectivity index is 1.78. The van der Waals surface area contributed by atoms with Gasteiger partial charge in [0.2, 0.25) is 0 Å². The van der Waals surface area contributed by atoms with Gasteiger partial charge in [0.1, 0.15) is 11.5 Å². The van der Waals surface area contributed by atoms with Crippen molar-refractivity contribution in [2.24, 2.45) is 5.92 Å². The van der Waals surface area contributed by atoms with E-state index in [-0.39, 0.29) is 11.0 Å². The fourth-order valence-corrected chi connectivity index (χ4v) is 2.52. The molecule has 2 amide bonds. The molecule has 2 rings (SSSR count). The van der Waals surface area contributed by atoms with Gasteiger partial charge in [0.25, 0.3) is 11.8 Å². The molecule has 2 aromatic rings. The highest BCUT2D eigenvalue weighted by molar-refractivity contribution is 7.80. The van der Waals surface area contributed by atoms with Gasteiger partial charge in [-0.1, -0.05) is 13.8 Å². The van der Waals surface area contributed by atoms with Crippen LogP contribution in [0.1, 0.15) is 47.9 Å². The predicted molar refractivity (Wildman–Crippen MR) is 120 cm³/mol. The fraction of sp³-hybridized carbons (Fsp3) is 0.318. The van der Waals surface area contributed by atoms with Gasteiger partial charge < -0.3 is 9.47 Å². The normalized spacial score (nSPS) is 10.3. The average molecular weight is 430 g/mol. The molecule has 0 aliphatic heterocycles. The lowest BCUT2D eigenvalue weighted by atomic mass is 10.1. The van der Waals surface area contributed by atoms with Gasteiger partial charge in [-0.25, -0.2) is 0 Å². The van der Waals surface area contributed by atoms with E-state index in [1.165, 1.54) is 0 Å². The van der Waals surface area contributed by atoms with E-state index in [0.29, 0.717) is 41.8 Å². The summed E-state index contributed by atoms with van der Waals surface area (Å²) in [4.78, 5) is 24.4. The molecule has 0 aromatic heterocycles. The Bertz CT molecular complexity index is 852. The van der Waals surface area contributed by atoms with Crippen LogP contribution in [0.3, 0.4) is 0 Å². The van der Waals surface area contributed by atoms with Crippen molar-refractivity contribution in [3.05, 3.63) is 59.7 Å². The van der Waals surface area contributed by atoms with Gasteiger partial charge in [-0.2, -0.15) is 0 Å². The highest BCUT2D eigenvalue weighted by atomic mass is 32.1. The molecule has 160 valence electrons. The van der Waals surface area contributed by atoms with E-state index in [0.717, 1.165) is 6.42 Å². The van der Waals surface area contributed by atoms with Crippen LogP contribution in [0, 0.1) is 5.92 Å². The van der Waals surface area contributed by atoms with Crippen LogP contribution < -0.4 is 25.6 Å². The molecule has 0 unspecified atom stereocenters. The summed E-state index contributed by atoms with van der Waals surface area (Å²) in [5.41, 5.74) is 5.82. The molecule has 3 N–H and O–H groups in total. The first-order chi connectivity index (χ1) is 14.4. The zero-order valence-electron chi connectivity index (χ0n) is 17.4. The van der Waals surface area contributed by atoms with E-state index >= 15 is 0 Å². The quantitative estimate of drug-likeness (QED) is 0.440. The number of benzene rings is 2. The maximum Gasteiger partial charge on any atom is 0.269 e. The second-order valence-corrected chi connectivity index (χ2v) is 7.28. The van der Waals surface area contributed by atoms with Gasteiger partial charge in [0.15, 0.2) is 5.11 Å². The minimum absolute atomic E-state index is 0.0177. The number of hydrogen-bond donors (Lipinski definition) is 3. The fourth-order valence-electron chi connectivity index (χ4n) is 2.38. The van der Waals surface area contributed by atoms with Gasteiger partial charge in [0, 0.05) is 11.1 Å². The summed E-state index contributed by atoms with van der Waals surface area (Å²) in [6, 6.07) is 13.5. The summed E-state index contributed by atoms with van der Waals surface area (Å²) < 4.78 is 11.0.